The van der Waals surface area contributed by atoms with Gasteiger partial charge in [-0.25, -0.2) is 14.4 Å². The number of phenolic OH excluding ortho intramolecular Hbond substituents is 3. The van der Waals surface area contributed by atoms with Crippen LogP contribution in [0.2, 0.25) is 0 Å². The van der Waals surface area contributed by atoms with Crippen LogP contribution in [0.5, 0.6) is 34.5 Å². The van der Waals surface area contributed by atoms with Crippen LogP contribution in [-0.4, -0.2) is 62.8 Å². The Bertz CT molecular complexity index is 1480. The Kier molecular flexibility index (Phi) is 7.99. The van der Waals surface area contributed by atoms with E-state index in [-0.39, 0.29) is 40.7 Å². The molecule has 0 aliphatic carbocycles. The highest BCUT2D eigenvalue weighted by molar-refractivity contribution is 5.89. The number of carbonyl (C=O) groups is 3. The number of ether oxygens (including phenoxy) is 4. The minimum absolute atomic E-state index is 0.0758. The maximum absolute atomic E-state index is 12.4. The van der Waals surface area contributed by atoms with Gasteiger partial charge in [0.25, 0.3) is 0 Å². The second-order valence-corrected chi connectivity index (χ2v) is 8.68. The maximum Gasteiger partial charge on any atom is 0.349 e. The van der Waals surface area contributed by atoms with E-state index < -0.39 is 42.0 Å². The number of rotatable bonds is 9. The monoisotopic (exact) mass is 552 g/mol. The van der Waals surface area contributed by atoms with Crippen LogP contribution >= 0.6 is 0 Å². The number of hydrogen-bond donors (Lipinski definition) is 5. The molecular weight excluding hydrogens is 528 g/mol. The van der Waals surface area contributed by atoms with Crippen molar-refractivity contribution < 1.29 is 58.9 Å². The highest BCUT2D eigenvalue weighted by Gasteiger charge is 2.38. The number of carboxylic acid groups (broad SMARTS) is 2. The van der Waals surface area contributed by atoms with Crippen LogP contribution in [0.4, 0.5) is 0 Å². The van der Waals surface area contributed by atoms with Gasteiger partial charge in [-0.15, -0.1) is 0 Å². The predicted octanol–water partition coefficient (Wildman–Crippen LogP) is 3.03. The van der Waals surface area contributed by atoms with Gasteiger partial charge in [0.15, 0.2) is 40.6 Å². The van der Waals surface area contributed by atoms with Crippen molar-refractivity contribution in [3.05, 3.63) is 77.4 Å². The fourth-order valence-electron chi connectivity index (χ4n) is 3.94. The Balaban J connectivity index is 1.47. The topological polar surface area (TPSA) is 189 Å². The maximum atomic E-state index is 12.4. The molecule has 0 aromatic heterocycles. The van der Waals surface area contributed by atoms with E-state index in [9.17, 15) is 39.9 Å². The van der Waals surface area contributed by atoms with Gasteiger partial charge in [-0.1, -0.05) is 18.2 Å². The zero-order chi connectivity index (χ0) is 29.0. The number of phenols is 3. The summed E-state index contributed by atoms with van der Waals surface area (Å²) in [7, 11) is 1.35. The predicted molar refractivity (Wildman–Crippen MR) is 137 cm³/mol. The molecule has 0 saturated heterocycles. The normalized spacial score (nSPS) is 16.7. The standard InChI is InChI=1S/C28H24O12/c1-37-21-11-15(2-6-18(21)30)12-23(27(33)34)38-24(32)9-4-14-3-8-20-22(10-14)40-26(28(35)36)25(39-20)16-5-7-17(29)19(31)13-16/h2-11,13,23,25-26,29-31H,12H2,1H3,(H,33,34)(H,35,36)/b9-4+/t23-,25+,26+/m1/s1. The van der Waals surface area contributed by atoms with Crippen molar-refractivity contribution in [3.8, 4) is 34.5 Å². The van der Waals surface area contributed by atoms with Gasteiger partial charge in [-0.05, 0) is 53.6 Å². The van der Waals surface area contributed by atoms with Crippen molar-refractivity contribution in [1.82, 2.24) is 0 Å². The zero-order valence-electron chi connectivity index (χ0n) is 20.9. The molecular formula is C28H24O12. The molecule has 40 heavy (non-hydrogen) atoms. The number of aromatic hydroxyl groups is 3. The van der Waals surface area contributed by atoms with Crippen molar-refractivity contribution in [2.24, 2.45) is 0 Å². The van der Waals surface area contributed by atoms with E-state index in [1.807, 2.05) is 0 Å². The first-order chi connectivity index (χ1) is 19.0. The number of fused-ring (bicyclic) bond motifs is 1. The molecule has 0 unspecified atom stereocenters. The molecule has 12 nitrogen and oxygen atoms in total. The summed E-state index contributed by atoms with van der Waals surface area (Å²) in [5.41, 5.74) is 1.12. The summed E-state index contributed by atoms with van der Waals surface area (Å²) < 4.78 is 21.6. The molecule has 3 aromatic rings. The fraction of sp³-hybridized carbons (Fsp3) is 0.179. The number of esters is 1. The molecule has 4 rings (SSSR count). The van der Waals surface area contributed by atoms with E-state index in [0.717, 1.165) is 6.08 Å². The Morgan fingerprint density at radius 1 is 0.900 bits per heavy atom. The van der Waals surface area contributed by atoms with E-state index in [0.29, 0.717) is 11.1 Å². The summed E-state index contributed by atoms with van der Waals surface area (Å²) in [6.45, 7) is 0. The van der Waals surface area contributed by atoms with Crippen molar-refractivity contribution in [2.45, 2.75) is 24.7 Å². The lowest BCUT2D eigenvalue weighted by Gasteiger charge is -2.32. The summed E-state index contributed by atoms with van der Waals surface area (Å²) in [6, 6.07) is 12.5. The van der Waals surface area contributed by atoms with E-state index in [4.69, 9.17) is 18.9 Å². The van der Waals surface area contributed by atoms with Gasteiger partial charge in [-0.3, -0.25) is 0 Å². The largest absolute Gasteiger partial charge is 0.504 e. The Hall–Kier alpha value is -5.39. The summed E-state index contributed by atoms with van der Waals surface area (Å²) >= 11 is 0. The van der Waals surface area contributed by atoms with Gasteiger partial charge in [0, 0.05) is 18.1 Å². The number of carboxylic acids is 2. The summed E-state index contributed by atoms with van der Waals surface area (Å²) in [5.74, 6) is -4.18. The number of hydrogen-bond acceptors (Lipinski definition) is 10. The van der Waals surface area contributed by atoms with Gasteiger partial charge in [-0.2, -0.15) is 0 Å². The smallest absolute Gasteiger partial charge is 0.349 e. The number of methoxy groups -OCH3 is 1. The fourth-order valence-corrected chi connectivity index (χ4v) is 3.94. The van der Waals surface area contributed by atoms with Crippen molar-refractivity contribution in [2.75, 3.05) is 7.11 Å². The number of aliphatic carboxylic acids is 2. The van der Waals surface area contributed by atoms with Gasteiger partial charge in [0.05, 0.1) is 7.11 Å². The van der Waals surface area contributed by atoms with Crippen LogP contribution < -0.4 is 14.2 Å². The van der Waals surface area contributed by atoms with E-state index >= 15 is 0 Å². The molecule has 1 aliphatic rings. The third kappa shape index (κ3) is 6.18. The highest BCUT2D eigenvalue weighted by atomic mass is 16.6. The van der Waals surface area contributed by atoms with Gasteiger partial charge < -0.3 is 44.5 Å². The van der Waals surface area contributed by atoms with E-state index in [1.165, 1.54) is 61.7 Å². The van der Waals surface area contributed by atoms with Crippen LogP contribution in [-0.2, 0) is 25.5 Å². The molecule has 3 aromatic carbocycles. The van der Waals surface area contributed by atoms with Crippen LogP contribution in [0.15, 0.2) is 60.7 Å². The van der Waals surface area contributed by atoms with Gasteiger partial charge in [0.1, 0.15) is 0 Å². The van der Waals surface area contributed by atoms with Gasteiger partial charge >= 0.3 is 17.9 Å². The Morgan fingerprint density at radius 3 is 2.33 bits per heavy atom. The molecule has 3 atom stereocenters. The van der Waals surface area contributed by atoms with Crippen molar-refractivity contribution in [1.29, 1.82) is 0 Å². The first kappa shape index (κ1) is 27.6. The third-order valence-electron chi connectivity index (χ3n) is 5.93. The molecule has 0 spiro atoms. The molecule has 5 N–H and O–H groups in total. The second kappa shape index (κ2) is 11.6. The lowest BCUT2D eigenvalue weighted by molar-refractivity contribution is -0.160. The molecule has 0 bridgehead atoms. The van der Waals surface area contributed by atoms with Crippen LogP contribution in [0, 0.1) is 0 Å². The average molecular weight is 552 g/mol. The number of benzene rings is 3. The highest BCUT2D eigenvalue weighted by Crippen LogP contribution is 2.41. The third-order valence-corrected chi connectivity index (χ3v) is 5.93. The molecule has 0 amide bonds. The first-order valence-electron chi connectivity index (χ1n) is 11.7. The van der Waals surface area contributed by atoms with E-state index in [1.54, 1.807) is 6.07 Å². The van der Waals surface area contributed by atoms with Crippen LogP contribution in [0.25, 0.3) is 6.08 Å². The average Bonchev–Trinajstić information content (AvgIpc) is 2.93. The SMILES string of the molecule is COc1cc(C[C@@H](OC(=O)/C=C/c2ccc3c(c2)O[C@H](C(=O)O)[C@H](c2ccc(O)c(O)c2)O3)C(=O)O)ccc1O. The zero-order valence-corrected chi connectivity index (χ0v) is 20.9. The Labute approximate surface area is 226 Å². The molecule has 1 aliphatic heterocycles. The van der Waals surface area contributed by atoms with Crippen molar-refractivity contribution >= 4 is 24.0 Å². The molecule has 208 valence electrons. The summed E-state index contributed by atoms with van der Waals surface area (Å²) in [5, 5.41) is 48.2. The summed E-state index contributed by atoms with van der Waals surface area (Å²) in [6.07, 6.45) is -1.97. The van der Waals surface area contributed by atoms with Crippen LogP contribution in [0.1, 0.15) is 22.8 Å². The Morgan fingerprint density at radius 2 is 1.65 bits per heavy atom. The molecule has 1 heterocycles. The van der Waals surface area contributed by atoms with Crippen molar-refractivity contribution in [3.63, 3.8) is 0 Å². The lowest BCUT2D eigenvalue weighted by atomic mass is 10.0. The second-order valence-electron chi connectivity index (χ2n) is 8.68. The first-order valence-corrected chi connectivity index (χ1v) is 11.7. The number of carbonyl (C=O) groups excluding carboxylic acids is 1. The lowest BCUT2D eigenvalue weighted by Crippen LogP contribution is -2.39. The van der Waals surface area contributed by atoms with Gasteiger partial charge in [0.2, 0.25) is 12.2 Å². The minimum Gasteiger partial charge on any atom is -0.504 e. The minimum atomic E-state index is -1.51. The molecule has 12 heteroatoms. The summed E-state index contributed by atoms with van der Waals surface area (Å²) in [4.78, 5) is 35.9. The quantitative estimate of drug-likeness (QED) is 0.148. The van der Waals surface area contributed by atoms with Crippen LogP contribution in [0.3, 0.4) is 0 Å². The van der Waals surface area contributed by atoms with E-state index in [2.05, 4.69) is 0 Å². The molecule has 0 radical (unpaired) electrons. The molecule has 0 fully saturated rings. The molecule has 0 saturated carbocycles.